The summed E-state index contributed by atoms with van der Waals surface area (Å²) >= 11 is 5.68. The molecular formula is C9H5ClN2O4. The van der Waals surface area contributed by atoms with Gasteiger partial charge < -0.3 is 4.74 Å². The van der Waals surface area contributed by atoms with Crippen LogP contribution >= 0.6 is 11.6 Å². The Morgan fingerprint density at radius 2 is 2.25 bits per heavy atom. The zero-order valence-electron chi connectivity index (χ0n) is 8.06. The molecule has 0 atom stereocenters. The largest absolute Gasteiger partial charge is 0.465 e. The van der Waals surface area contributed by atoms with E-state index in [0.29, 0.717) is 0 Å². The van der Waals surface area contributed by atoms with E-state index in [-0.39, 0.29) is 10.6 Å². The van der Waals surface area contributed by atoms with Gasteiger partial charge in [-0.25, -0.2) is 4.79 Å². The lowest BCUT2D eigenvalue weighted by Crippen LogP contribution is -2.07. The second kappa shape index (κ2) is 4.59. The molecule has 0 heterocycles. The van der Waals surface area contributed by atoms with E-state index >= 15 is 0 Å². The predicted octanol–water partition coefficient (Wildman–Crippen LogP) is 1.91. The predicted molar refractivity (Wildman–Crippen MR) is 54.2 cm³/mol. The van der Waals surface area contributed by atoms with Gasteiger partial charge in [-0.3, -0.25) is 10.1 Å². The molecule has 82 valence electrons. The lowest BCUT2D eigenvalue weighted by molar-refractivity contribution is -0.385. The van der Waals surface area contributed by atoms with Gasteiger partial charge in [0.2, 0.25) is 0 Å². The maximum atomic E-state index is 11.3. The SMILES string of the molecule is COC(=O)c1c(Cl)ccc([N+](=O)[O-])c1C#N. The molecule has 0 radical (unpaired) electrons. The first kappa shape index (κ1) is 11.9. The monoisotopic (exact) mass is 240 g/mol. The molecule has 0 aliphatic rings. The van der Waals surface area contributed by atoms with Crippen molar-refractivity contribution in [3.8, 4) is 6.07 Å². The Labute approximate surface area is 95.2 Å². The smallest absolute Gasteiger partial charge is 0.341 e. The number of nitro benzene ring substituents is 1. The number of nitro groups is 1. The summed E-state index contributed by atoms with van der Waals surface area (Å²) < 4.78 is 4.40. The fourth-order valence-electron chi connectivity index (χ4n) is 1.13. The van der Waals surface area contributed by atoms with Gasteiger partial charge in [-0.2, -0.15) is 5.26 Å². The first-order chi connectivity index (χ1) is 7.52. The van der Waals surface area contributed by atoms with Crippen LogP contribution in [0.3, 0.4) is 0 Å². The molecule has 0 aliphatic heterocycles. The Hall–Kier alpha value is -2.13. The molecule has 0 N–H and O–H groups in total. The summed E-state index contributed by atoms with van der Waals surface area (Å²) in [6.07, 6.45) is 0. The number of hydrogen-bond donors (Lipinski definition) is 0. The molecular weight excluding hydrogens is 236 g/mol. The third-order valence-electron chi connectivity index (χ3n) is 1.83. The highest BCUT2D eigenvalue weighted by Crippen LogP contribution is 2.28. The van der Waals surface area contributed by atoms with Crippen LogP contribution in [0.1, 0.15) is 15.9 Å². The molecule has 0 unspecified atom stereocenters. The van der Waals surface area contributed by atoms with Gasteiger partial charge in [0, 0.05) is 6.07 Å². The minimum atomic E-state index is -0.884. The summed E-state index contributed by atoms with van der Waals surface area (Å²) in [4.78, 5) is 21.2. The number of carbonyl (C=O) groups excluding carboxylic acids is 1. The molecule has 6 nitrogen and oxygen atoms in total. The average molecular weight is 241 g/mol. The summed E-state index contributed by atoms with van der Waals surface area (Å²) in [7, 11) is 1.10. The van der Waals surface area contributed by atoms with E-state index in [1.165, 1.54) is 6.07 Å². The number of hydrogen-bond acceptors (Lipinski definition) is 5. The van der Waals surface area contributed by atoms with E-state index in [0.717, 1.165) is 13.2 Å². The summed E-state index contributed by atoms with van der Waals surface area (Å²) in [6, 6.07) is 3.81. The highest BCUT2D eigenvalue weighted by molar-refractivity contribution is 6.34. The number of rotatable bonds is 2. The zero-order valence-corrected chi connectivity index (χ0v) is 8.82. The lowest BCUT2D eigenvalue weighted by Gasteiger charge is -2.04. The Bertz CT molecular complexity index is 507. The molecule has 0 bridgehead atoms. The quantitative estimate of drug-likeness (QED) is 0.447. The van der Waals surface area contributed by atoms with Crippen LogP contribution < -0.4 is 0 Å². The van der Waals surface area contributed by atoms with E-state index in [9.17, 15) is 14.9 Å². The van der Waals surface area contributed by atoms with Gasteiger partial charge in [-0.05, 0) is 6.07 Å². The van der Waals surface area contributed by atoms with Crippen LogP contribution in [-0.2, 0) is 4.74 Å². The molecule has 16 heavy (non-hydrogen) atoms. The normalized spacial score (nSPS) is 9.31. The van der Waals surface area contributed by atoms with Gasteiger partial charge in [0.15, 0.2) is 0 Å². The van der Waals surface area contributed by atoms with Crippen molar-refractivity contribution in [2.75, 3.05) is 7.11 Å². The molecule has 1 rings (SSSR count). The van der Waals surface area contributed by atoms with Crippen molar-refractivity contribution in [3.05, 3.63) is 38.4 Å². The average Bonchev–Trinajstić information content (AvgIpc) is 2.26. The molecule has 0 saturated heterocycles. The lowest BCUT2D eigenvalue weighted by atomic mass is 10.1. The molecule has 0 aromatic heterocycles. The highest BCUT2D eigenvalue weighted by atomic mass is 35.5. The van der Waals surface area contributed by atoms with E-state index in [1.807, 2.05) is 0 Å². The van der Waals surface area contributed by atoms with Crippen LogP contribution in [0.5, 0.6) is 0 Å². The van der Waals surface area contributed by atoms with Crippen molar-refractivity contribution in [2.45, 2.75) is 0 Å². The van der Waals surface area contributed by atoms with Gasteiger partial charge in [0.05, 0.1) is 17.1 Å². The standard InChI is InChI=1S/C9H5ClN2O4/c1-16-9(13)8-5(4-11)7(12(14)15)3-2-6(8)10/h2-3H,1H3. The minimum absolute atomic E-state index is 0.0611. The van der Waals surface area contributed by atoms with Gasteiger partial charge >= 0.3 is 5.97 Å². The van der Waals surface area contributed by atoms with E-state index < -0.39 is 22.1 Å². The fraction of sp³-hybridized carbons (Fsp3) is 0.111. The number of benzene rings is 1. The van der Waals surface area contributed by atoms with Crippen molar-refractivity contribution in [1.29, 1.82) is 5.26 Å². The molecule has 1 aromatic rings. The van der Waals surface area contributed by atoms with Crippen LogP contribution in [0.2, 0.25) is 5.02 Å². The Balaban J connectivity index is 3.58. The van der Waals surface area contributed by atoms with E-state index in [2.05, 4.69) is 4.74 Å². The summed E-state index contributed by atoms with van der Waals surface area (Å²) in [6.45, 7) is 0. The van der Waals surface area contributed by atoms with E-state index in [4.69, 9.17) is 16.9 Å². The molecule has 0 fully saturated rings. The van der Waals surface area contributed by atoms with Crippen LogP contribution in [-0.4, -0.2) is 18.0 Å². The highest BCUT2D eigenvalue weighted by Gasteiger charge is 2.25. The molecule has 7 heteroatoms. The molecule has 0 aliphatic carbocycles. The maximum absolute atomic E-state index is 11.3. The first-order valence-corrected chi connectivity index (χ1v) is 4.36. The second-order valence-corrected chi connectivity index (χ2v) is 3.08. The van der Waals surface area contributed by atoms with Gasteiger partial charge in [-0.15, -0.1) is 0 Å². The van der Waals surface area contributed by atoms with Crippen molar-refractivity contribution in [2.24, 2.45) is 0 Å². The number of nitriles is 1. The Kier molecular flexibility index (Phi) is 3.43. The van der Waals surface area contributed by atoms with Crippen molar-refractivity contribution in [1.82, 2.24) is 0 Å². The third kappa shape index (κ3) is 1.94. The topological polar surface area (TPSA) is 93.2 Å². The number of ether oxygens (including phenoxy) is 1. The van der Waals surface area contributed by atoms with Gasteiger partial charge in [-0.1, -0.05) is 11.6 Å². The van der Waals surface area contributed by atoms with Gasteiger partial charge in [0.1, 0.15) is 17.2 Å². The number of halogens is 1. The van der Waals surface area contributed by atoms with Crippen LogP contribution in [0, 0.1) is 21.4 Å². The maximum Gasteiger partial charge on any atom is 0.341 e. The summed E-state index contributed by atoms with van der Waals surface area (Å²) in [5.41, 5.74) is -1.17. The molecule has 0 spiro atoms. The number of carbonyl (C=O) groups is 1. The van der Waals surface area contributed by atoms with Crippen molar-refractivity contribution in [3.63, 3.8) is 0 Å². The van der Waals surface area contributed by atoms with Crippen LogP contribution in [0.25, 0.3) is 0 Å². The number of methoxy groups -OCH3 is 1. The van der Waals surface area contributed by atoms with E-state index in [1.54, 1.807) is 6.07 Å². The fourth-order valence-corrected chi connectivity index (χ4v) is 1.37. The summed E-state index contributed by atoms with van der Waals surface area (Å²) in [5.74, 6) is -0.884. The zero-order chi connectivity index (χ0) is 12.3. The van der Waals surface area contributed by atoms with Crippen LogP contribution in [0.4, 0.5) is 5.69 Å². The minimum Gasteiger partial charge on any atom is -0.465 e. The number of esters is 1. The summed E-state index contributed by atoms with van der Waals surface area (Å²) in [5, 5.41) is 19.3. The molecule has 0 saturated carbocycles. The Morgan fingerprint density at radius 3 is 2.69 bits per heavy atom. The first-order valence-electron chi connectivity index (χ1n) is 3.98. The number of nitrogens with zero attached hydrogens (tertiary/aromatic N) is 2. The Morgan fingerprint density at radius 1 is 1.62 bits per heavy atom. The van der Waals surface area contributed by atoms with Crippen molar-refractivity contribution < 1.29 is 14.5 Å². The van der Waals surface area contributed by atoms with Crippen molar-refractivity contribution >= 4 is 23.3 Å². The third-order valence-corrected chi connectivity index (χ3v) is 2.15. The molecule has 0 amide bonds. The van der Waals surface area contributed by atoms with Gasteiger partial charge in [0.25, 0.3) is 5.69 Å². The van der Waals surface area contributed by atoms with Crippen LogP contribution in [0.15, 0.2) is 12.1 Å². The molecule has 1 aromatic carbocycles. The second-order valence-electron chi connectivity index (χ2n) is 2.68.